The number of thiocarbonyl (C=S) groups is 1. The summed E-state index contributed by atoms with van der Waals surface area (Å²) >= 11 is 9.10. The van der Waals surface area contributed by atoms with Crippen LogP contribution in [0.1, 0.15) is 28.4 Å². The van der Waals surface area contributed by atoms with Gasteiger partial charge in [0.15, 0.2) is 0 Å². The van der Waals surface area contributed by atoms with Crippen LogP contribution in [0.5, 0.6) is 5.75 Å². The lowest BCUT2D eigenvalue weighted by Crippen LogP contribution is -2.42. The van der Waals surface area contributed by atoms with Crippen molar-refractivity contribution in [3.63, 3.8) is 0 Å². The lowest BCUT2D eigenvalue weighted by molar-refractivity contribution is -0.137. The first-order chi connectivity index (χ1) is 16.2. The van der Waals surface area contributed by atoms with Crippen molar-refractivity contribution in [1.82, 2.24) is 9.88 Å². The van der Waals surface area contributed by atoms with Gasteiger partial charge in [-0.2, -0.15) is 13.2 Å². The molecule has 174 valence electrons. The van der Waals surface area contributed by atoms with Crippen LogP contribution in [0.15, 0.2) is 71.2 Å². The predicted molar refractivity (Wildman–Crippen MR) is 129 cm³/mol. The van der Waals surface area contributed by atoms with Crippen LogP contribution < -0.4 is 4.74 Å². The summed E-state index contributed by atoms with van der Waals surface area (Å²) in [4.78, 5) is 5.28. The van der Waals surface area contributed by atoms with Crippen LogP contribution in [0.4, 0.5) is 17.6 Å². The highest BCUT2D eigenvalue weighted by Crippen LogP contribution is 2.40. The minimum atomic E-state index is -4.43. The molecule has 3 aromatic carbocycles. The van der Waals surface area contributed by atoms with Crippen molar-refractivity contribution in [3.05, 3.63) is 99.4 Å². The Labute approximate surface area is 206 Å². The molecule has 0 saturated carbocycles. The Morgan fingerprint density at radius 2 is 1.74 bits per heavy atom. The standard InChI is InChI=1S/C25H17BrF4N2OS/c26-16-5-10-21-20(13-16)19-11-12-32(24(34)33-18-8-6-17(27)7-9-18)23(22(19)31-21)14-1-3-15(4-2-14)25(28,29)30/h1-10,13,23,31H,11-12H2. The van der Waals surface area contributed by atoms with E-state index in [-0.39, 0.29) is 5.17 Å². The third-order valence-corrected chi connectivity index (χ3v) is 6.71. The number of benzene rings is 3. The third kappa shape index (κ3) is 4.30. The molecular formula is C25H17BrF4N2OS. The SMILES string of the molecule is Fc1ccc(OC(=S)N2CCc3c([nH]c4ccc(Br)cc34)C2c2ccc(C(F)(F)F)cc2)cc1. The zero-order valence-corrected chi connectivity index (χ0v) is 19.9. The first kappa shape index (κ1) is 22.9. The predicted octanol–water partition coefficient (Wildman–Crippen LogP) is 7.40. The van der Waals surface area contributed by atoms with Crippen LogP contribution >= 0.6 is 28.1 Å². The summed E-state index contributed by atoms with van der Waals surface area (Å²) in [6.45, 7) is 0.498. The first-order valence-electron chi connectivity index (χ1n) is 10.4. The second-order valence-corrected chi connectivity index (χ2v) is 9.26. The van der Waals surface area contributed by atoms with E-state index in [9.17, 15) is 17.6 Å². The average molecular weight is 549 g/mol. The fourth-order valence-electron chi connectivity index (χ4n) is 4.32. The zero-order valence-electron chi connectivity index (χ0n) is 17.5. The smallest absolute Gasteiger partial charge is 0.416 e. The maximum atomic E-state index is 13.3. The minimum absolute atomic E-state index is 0.155. The molecule has 0 bridgehead atoms. The highest BCUT2D eigenvalue weighted by Gasteiger charge is 2.35. The van der Waals surface area contributed by atoms with E-state index in [1.54, 1.807) is 0 Å². The van der Waals surface area contributed by atoms with Gasteiger partial charge in [0, 0.05) is 27.6 Å². The number of ether oxygens (including phenoxy) is 1. The van der Waals surface area contributed by atoms with Crippen molar-refractivity contribution in [2.75, 3.05) is 6.54 Å². The quantitative estimate of drug-likeness (QED) is 0.209. The summed E-state index contributed by atoms with van der Waals surface area (Å²) in [6, 6.07) is 16.0. The molecular weight excluding hydrogens is 532 g/mol. The van der Waals surface area contributed by atoms with E-state index in [1.165, 1.54) is 36.4 Å². The summed E-state index contributed by atoms with van der Waals surface area (Å²) in [6.07, 6.45) is -3.76. The third-order valence-electron chi connectivity index (χ3n) is 5.90. The molecule has 5 rings (SSSR count). The zero-order chi connectivity index (χ0) is 24.0. The molecule has 1 unspecified atom stereocenters. The molecule has 0 aliphatic carbocycles. The monoisotopic (exact) mass is 548 g/mol. The van der Waals surface area contributed by atoms with Gasteiger partial charge in [-0.05, 0) is 84.4 Å². The Bertz CT molecular complexity index is 1370. The Hall–Kier alpha value is -2.91. The van der Waals surface area contributed by atoms with Gasteiger partial charge in [0.05, 0.1) is 11.6 Å². The number of hydrogen-bond acceptors (Lipinski definition) is 2. The summed E-state index contributed by atoms with van der Waals surface area (Å²) < 4.78 is 59.6. The second kappa shape index (κ2) is 8.70. The van der Waals surface area contributed by atoms with Crippen molar-refractivity contribution in [1.29, 1.82) is 0 Å². The molecule has 2 heterocycles. The lowest BCUT2D eigenvalue weighted by atomic mass is 9.92. The number of halogens is 5. The van der Waals surface area contributed by atoms with Crippen molar-refractivity contribution in [2.24, 2.45) is 0 Å². The second-order valence-electron chi connectivity index (χ2n) is 7.99. The number of rotatable bonds is 2. The summed E-state index contributed by atoms with van der Waals surface area (Å²) in [5, 5.41) is 1.20. The van der Waals surface area contributed by atoms with Crippen molar-refractivity contribution < 1.29 is 22.3 Å². The number of alkyl halides is 3. The number of H-pyrrole nitrogens is 1. The van der Waals surface area contributed by atoms with Gasteiger partial charge in [0.1, 0.15) is 11.6 Å². The molecule has 0 radical (unpaired) electrons. The Morgan fingerprint density at radius 3 is 2.41 bits per heavy atom. The van der Waals surface area contributed by atoms with Gasteiger partial charge in [-0.1, -0.05) is 28.1 Å². The minimum Gasteiger partial charge on any atom is -0.432 e. The van der Waals surface area contributed by atoms with Crippen LogP contribution in [0.3, 0.4) is 0 Å². The molecule has 3 nitrogen and oxygen atoms in total. The summed E-state index contributed by atoms with van der Waals surface area (Å²) in [5.41, 5.74) is 2.79. The Morgan fingerprint density at radius 1 is 1.03 bits per heavy atom. The lowest BCUT2D eigenvalue weighted by Gasteiger charge is -2.37. The van der Waals surface area contributed by atoms with E-state index in [0.717, 1.165) is 38.8 Å². The molecule has 0 amide bonds. The van der Waals surface area contributed by atoms with E-state index in [1.807, 2.05) is 23.1 Å². The van der Waals surface area contributed by atoms with Crippen LogP contribution in [0.2, 0.25) is 0 Å². The number of aromatic amines is 1. The maximum absolute atomic E-state index is 13.3. The number of nitrogens with zero attached hydrogens (tertiary/aromatic N) is 1. The normalized spacial score (nSPS) is 15.9. The summed E-state index contributed by atoms with van der Waals surface area (Å²) in [5.74, 6) is -0.0170. The molecule has 0 spiro atoms. The van der Waals surface area contributed by atoms with Gasteiger partial charge in [0.25, 0.3) is 5.17 Å². The molecule has 1 aliphatic heterocycles. The summed E-state index contributed by atoms with van der Waals surface area (Å²) in [7, 11) is 0. The highest BCUT2D eigenvalue weighted by atomic mass is 79.9. The van der Waals surface area contributed by atoms with E-state index in [4.69, 9.17) is 17.0 Å². The van der Waals surface area contributed by atoms with Crippen LogP contribution in [-0.2, 0) is 12.6 Å². The molecule has 1 aliphatic rings. The number of aromatic nitrogens is 1. The van der Waals surface area contributed by atoms with Gasteiger partial charge in [-0.3, -0.25) is 0 Å². The fraction of sp³-hybridized carbons (Fsp3) is 0.160. The molecule has 9 heteroatoms. The first-order valence-corrected chi connectivity index (χ1v) is 11.6. The maximum Gasteiger partial charge on any atom is 0.416 e. The van der Waals surface area contributed by atoms with E-state index < -0.39 is 23.6 Å². The van der Waals surface area contributed by atoms with Crippen LogP contribution in [-0.4, -0.2) is 21.6 Å². The molecule has 1 atom stereocenters. The van der Waals surface area contributed by atoms with E-state index in [0.29, 0.717) is 24.3 Å². The molecule has 1 aromatic heterocycles. The largest absolute Gasteiger partial charge is 0.432 e. The van der Waals surface area contributed by atoms with E-state index in [2.05, 4.69) is 20.9 Å². The molecule has 0 fully saturated rings. The number of fused-ring (bicyclic) bond motifs is 3. The van der Waals surface area contributed by atoms with Crippen LogP contribution in [0.25, 0.3) is 10.9 Å². The molecule has 34 heavy (non-hydrogen) atoms. The number of nitrogens with one attached hydrogen (secondary N) is 1. The molecule has 4 aromatic rings. The molecule has 0 saturated heterocycles. The molecule has 1 N–H and O–H groups in total. The van der Waals surface area contributed by atoms with Gasteiger partial charge in [-0.15, -0.1) is 0 Å². The fourth-order valence-corrected chi connectivity index (χ4v) is 4.97. The van der Waals surface area contributed by atoms with Gasteiger partial charge in [-0.25, -0.2) is 4.39 Å². The van der Waals surface area contributed by atoms with Crippen molar-refractivity contribution in [2.45, 2.75) is 18.6 Å². The average Bonchev–Trinajstić information content (AvgIpc) is 3.17. The van der Waals surface area contributed by atoms with Crippen molar-refractivity contribution >= 4 is 44.2 Å². The van der Waals surface area contributed by atoms with Crippen molar-refractivity contribution in [3.8, 4) is 5.75 Å². The van der Waals surface area contributed by atoms with Crippen LogP contribution in [0, 0.1) is 5.82 Å². The van der Waals surface area contributed by atoms with Gasteiger partial charge in [0.2, 0.25) is 0 Å². The number of hydrogen-bond donors (Lipinski definition) is 1. The van der Waals surface area contributed by atoms with E-state index >= 15 is 0 Å². The highest BCUT2D eigenvalue weighted by molar-refractivity contribution is 9.10. The Kier molecular flexibility index (Phi) is 5.85. The topological polar surface area (TPSA) is 28.3 Å². The Balaban J connectivity index is 1.57. The van der Waals surface area contributed by atoms with Gasteiger partial charge >= 0.3 is 6.18 Å². The van der Waals surface area contributed by atoms with Gasteiger partial charge < -0.3 is 14.6 Å².